The summed E-state index contributed by atoms with van der Waals surface area (Å²) in [6, 6.07) is 9.37. The molecule has 1 fully saturated rings. The molecule has 0 saturated carbocycles. The maximum absolute atomic E-state index is 12.4. The highest BCUT2D eigenvalue weighted by molar-refractivity contribution is 5.98. The first-order valence-corrected chi connectivity index (χ1v) is 6.28. The lowest BCUT2D eigenvalue weighted by molar-refractivity contribution is -0.123. The monoisotopic (exact) mass is 248 g/mol. The van der Waals surface area contributed by atoms with Crippen molar-refractivity contribution >= 4 is 11.6 Å². The standard InChI is InChI=1S/C14H20N2O2/c1-14(2)10-16(11-6-4-3-5-7-11)13(18)12(15-14)8-9-17/h3-7,12,15,17H,8-10H2,1-2H3. The van der Waals surface area contributed by atoms with Gasteiger partial charge in [-0.1, -0.05) is 18.2 Å². The third-order valence-electron chi connectivity index (χ3n) is 3.17. The molecule has 0 spiro atoms. The summed E-state index contributed by atoms with van der Waals surface area (Å²) >= 11 is 0. The molecule has 0 aliphatic carbocycles. The molecule has 4 heteroatoms. The molecule has 1 saturated heterocycles. The van der Waals surface area contributed by atoms with Crippen molar-refractivity contribution in [1.29, 1.82) is 0 Å². The zero-order valence-corrected chi connectivity index (χ0v) is 10.9. The highest BCUT2D eigenvalue weighted by atomic mass is 16.3. The zero-order valence-electron chi connectivity index (χ0n) is 10.9. The average Bonchev–Trinajstić information content (AvgIpc) is 2.34. The van der Waals surface area contributed by atoms with Crippen LogP contribution in [0.5, 0.6) is 0 Å². The molecular weight excluding hydrogens is 228 g/mol. The maximum atomic E-state index is 12.4. The van der Waals surface area contributed by atoms with Gasteiger partial charge >= 0.3 is 0 Å². The summed E-state index contributed by atoms with van der Waals surface area (Å²) in [5, 5.41) is 12.3. The van der Waals surface area contributed by atoms with E-state index < -0.39 is 0 Å². The predicted molar refractivity (Wildman–Crippen MR) is 71.5 cm³/mol. The summed E-state index contributed by atoms with van der Waals surface area (Å²) in [7, 11) is 0. The number of aliphatic hydroxyl groups excluding tert-OH is 1. The van der Waals surface area contributed by atoms with Gasteiger partial charge in [-0.05, 0) is 32.4 Å². The number of benzene rings is 1. The second-order valence-electron chi connectivity index (χ2n) is 5.35. The molecule has 18 heavy (non-hydrogen) atoms. The van der Waals surface area contributed by atoms with Gasteiger partial charge in [0.1, 0.15) is 0 Å². The number of hydrogen-bond donors (Lipinski definition) is 2. The van der Waals surface area contributed by atoms with Gasteiger partial charge in [-0.15, -0.1) is 0 Å². The van der Waals surface area contributed by atoms with Crippen LogP contribution < -0.4 is 10.2 Å². The van der Waals surface area contributed by atoms with E-state index in [-0.39, 0.29) is 24.1 Å². The van der Waals surface area contributed by atoms with E-state index in [2.05, 4.69) is 19.2 Å². The molecule has 1 unspecified atom stereocenters. The van der Waals surface area contributed by atoms with Crippen LogP contribution in [0.2, 0.25) is 0 Å². The minimum atomic E-state index is -0.307. The highest BCUT2D eigenvalue weighted by Gasteiger charge is 2.38. The third kappa shape index (κ3) is 2.71. The number of nitrogens with zero attached hydrogens (tertiary/aromatic N) is 1. The van der Waals surface area contributed by atoms with E-state index in [0.717, 1.165) is 5.69 Å². The van der Waals surface area contributed by atoms with Crippen molar-refractivity contribution in [3.05, 3.63) is 30.3 Å². The van der Waals surface area contributed by atoms with E-state index in [4.69, 9.17) is 5.11 Å². The summed E-state index contributed by atoms with van der Waals surface area (Å²) in [5.41, 5.74) is 0.767. The number of anilines is 1. The van der Waals surface area contributed by atoms with Crippen molar-refractivity contribution in [2.45, 2.75) is 31.8 Å². The van der Waals surface area contributed by atoms with Gasteiger partial charge in [0.2, 0.25) is 5.91 Å². The van der Waals surface area contributed by atoms with Crippen molar-refractivity contribution in [3.63, 3.8) is 0 Å². The van der Waals surface area contributed by atoms with Crippen molar-refractivity contribution in [1.82, 2.24) is 5.32 Å². The van der Waals surface area contributed by atoms with Gasteiger partial charge in [0.25, 0.3) is 0 Å². The fourth-order valence-electron chi connectivity index (χ4n) is 2.39. The van der Waals surface area contributed by atoms with Gasteiger partial charge in [-0.3, -0.25) is 10.1 Å². The Morgan fingerprint density at radius 2 is 2.06 bits per heavy atom. The molecule has 0 aromatic heterocycles. The molecule has 0 bridgehead atoms. The second kappa shape index (κ2) is 5.08. The van der Waals surface area contributed by atoms with Crippen LogP contribution in [-0.4, -0.2) is 35.7 Å². The molecule has 4 nitrogen and oxygen atoms in total. The zero-order chi connectivity index (χ0) is 13.2. The molecule has 98 valence electrons. The lowest BCUT2D eigenvalue weighted by Crippen LogP contribution is -2.65. The van der Waals surface area contributed by atoms with E-state index in [1.807, 2.05) is 30.3 Å². The van der Waals surface area contributed by atoms with E-state index in [9.17, 15) is 4.79 Å². The smallest absolute Gasteiger partial charge is 0.244 e. The fraction of sp³-hybridized carbons (Fsp3) is 0.500. The Bertz CT molecular complexity index is 417. The molecule has 1 aliphatic rings. The molecule has 2 rings (SSSR count). The van der Waals surface area contributed by atoms with Crippen molar-refractivity contribution < 1.29 is 9.90 Å². The van der Waals surface area contributed by atoms with Crippen LogP contribution in [0, 0.1) is 0 Å². The summed E-state index contributed by atoms with van der Waals surface area (Å²) in [5.74, 6) is 0.0366. The lowest BCUT2D eigenvalue weighted by Gasteiger charge is -2.43. The van der Waals surface area contributed by atoms with Gasteiger partial charge in [0.05, 0.1) is 6.04 Å². The number of carbonyl (C=O) groups excluding carboxylic acids is 1. The third-order valence-corrected chi connectivity index (χ3v) is 3.17. The molecule has 1 amide bonds. The summed E-state index contributed by atoms with van der Waals surface area (Å²) < 4.78 is 0. The van der Waals surface area contributed by atoms with Crippen LogP contribution in [0.25, 0.3) is 0 Å². The van der Waals surface area contributed by atoms with E-state index in [0.29, 0.717) is 13.0 Å². The molecule has 1 aliphatic heterocycles. The van der Waals surface area contributed by atoms with Gasteiger partial charge in [0.15, 0.2) is 0 Å². The Kier molecular flexibility index (Phi) is 3.68. The topological polar surface area (TPSA) is 52.6 Å². The molecular formula is C14H20N2O2. The van der Waals surface area contributed by atoms with Crippen molar-refractivity contribution in [2.24, 2.45) is 0 Å². The maximum Gasteiger partial charge on any atom is 0.244 e. The number of carbonyl (C=O) groups is 1. The number of aliphatic hydroxyl groups is 1. The Morgan fingerprint density at radius 3 is 2.67 bits per heavy atom. The summed E-state index contributed by atoms with van der Waals surface area (Å²) in [6.07, 6.45) is 0.450. The first-order chi connectivity index (χ1) is 8.53. The molecule has 1 heterocycles. The van der Waals surface area contributed by atoms with Crippen LogP contribution in [-0.2, 0) is 4.79 Å². The number of amides is 1. The Hall–Kier alpha value is -1.39. The normalized spacial score (nSPS) is 23.2. The number of nitrogens with one attached hydrogen (secondary N) is 1. The SMILES string of the molecule is CC1(C)CN(c2ccccc2)C(=O)C(CCO)N1. The minimum Gasteiger partial charge on any atom is -0.396 e. The molecule has 0 radical (unpaired) electrons. The Balaban J connectivity index is 2.26. The predicted octanol–water partition coefficient (Wildman–Crippen LogP) is 1.15. The number of rotatable bonds is 3. The van der Waals surface area contributed by atoms with E-state index in [1.165, 1.54) is 0 Å². The first kappa shape index (κ1) is 13.1. The quantitative estimate of drug-likeness (QED) is 0.844. The molecule has 1 aromatic carbocycles. The van der Waals surface area contributed by atoms with E-state index in [1.54, 1.807) is 4.90 Å². The van der Waals surface area contributed by atoms with Crippen LogP contribution in [0.3, 0.4) is 0 Å². The van der Waals surface area contributed by atoms with Crippen LogP contribution >= 0.6 is 0 Å². The summed E-state index contributed by atoms with van der Waals surface area (Å²) in [6.45, 7) is 4.79. The van der Waals surface area contributed by atoms with Gasteiger partial charge in [-0.25, -0.2) is 0 Å². The second-order valence-corrected chi connectivity index (χ2v) is 5.35. The highest BCUT2D eigenvalue weighted by Crippen LogP contribution is 2.23. The van der Waals surface area contributed by atoms with Gasteiger partial charge < -0.3 is 10.0 Å². The molecule has 2 N–H and O–H groups in total. The summed E-state index contributed by atoms with van der Waals surface area (Å²) in [4.78, 5) is 14.2. The number of piperazine rings is 1. The number of hydrogen-bond acceptors (Lipinski definition) is 3. The first-order valence-electron chi connectivity index (χ1n) is 6.28. The average molecular weight is 248 g/mol. The Labute approximate surface area is 108 Å². The van der Waals surface area contributed by atoms with Gasteiger partial charge in [0, 0.05) is 24.4 Å². The number of para-hydroxylation sites is 1. The van der Waals surface area contributed by atoms with Gasteiger partial charge in [-0.2, -0.15) is 0 Å². The van der Waals surface area contributed by atoms with Crippen molar-refractivity contribution in [3.8, 4) is 0 Å². The lowest BCUT2D eigenvalue weighted by atomic mass is 9.96. The van der Waals surface area contributed by atoms with Crippen LogP contribution in [0.4, 0.5) is 5.69 Å². The largest absolute Gasteiger partial charge is 0.396 e. The fourth-order valence-corrected chi connectivity index (χ4v) is 2.39. The molecule has 1 aromatic rings. The molecule has 1 atom stereocenters. The van der Waals surface area contributed by atoms with Crippen LogP contribution in [0.15, 0.2) is 30.3 Å². The van der Waals surface area contributed by atoms with Crippen LogP contribution in [0.1, 0.15) is 20.3 Å². The minimum absolute atomic E-state index is 0.0160. The Morgan fingerprint density at radius 1 is 1.39 bits per heavy atom. The van der Waals surface area contributed by atoms with Crippen molar-refractivity contribution in [2.75, 3.05) is 18.1 Å². The van der Waals surface area contributed by atoms with E-state index >= 15 is 0 Å².